The summed E-state index contributed by atoms with van der Waals surface area (Å²) in [5.41, 5.74) is 0. The zero-order valence-corrected chi connectivity index (χ0v) is 11.2. The minimum absolute atomic E-state index is 0.0805. The number of rotatable bonds is 7. The van der Waals surface area contributed by atoms with Gasteiger partial charge in [0, 0.05) is 23.5 Å². The van der Waals surface area contributed by atoms with E-state index in [1.54, 1.807) is 11.9 Å². The van der Waals surface area contributed by atoms with Gasteiger partial charge in [0.25, 0.3) is 0 Å². The van der Waals surface area contributed by atoms with Gasteiger partial charge in [0.15, 0.2) is 0 Å². The second-order valence-electron chi connectivity index (χ2n) is 3.53. The highest BCUT2D eigenvalue weighted by molar-refractivity contribution is 8.13. The summed E-state index contributed by atoms with van der Waals surface area (Å²) in [5.74, 6) is -0.00506. The third kappa shape index (κ3) is 12.1. The van der Waals surface area contributed by atoms with Crippen molar-refractivity contribution in [2.75, 3.05) is 37.9 Å². The maximum Gasteiger partial charge on any atom is 0.232 e. The van der Waals surface area contributed by atoms with Crippen molar-refractivity contribution in [3.8, 4) is 0 Å². The van der Waals surface area contributed by atoms with Gasteiger partial charge >= 0.3 is 0 Å². The minimum Gasteiger partial charge on any atom is -0.305 e. The lowest BCUT2D eigenvalue weighted by atomic mass is 10.4. The molecule has 0 bridgehead atoms. The molecule has 0 aliphatic rings. The Morgan fingerprint density at radius 3 is 2.00 bits per heavy atom. The molecule has 8 heteroatoms. The molecule has 0 saturated carbocycles. The molecule has 0 unspecified atom stereocenters. The highest BCUT2D eigenvalue weighted by Gasteiger charge is 2.08. The fourth-order valence-electron chi connectivity index (χ4n) is 0.940. The summed E-state index contributed by atoms with van der Waals surface area (Å²) in [6.45, 7) is 0.919. The number of nitrogens with zero attached hydrogens (tertiary/aromatic N) is 1. The van der Waals surface area contributed by atoms with Crippen LogP contribution in [0.5, 0.6) is 0 Å². The first-order valence-electron chi connectivity index (χ1n) is 4.39. The Balaban J connectivity index is 3.72. The molecule has 5 nitrogen and oxygen atoms in total. The van der Waals surface area contributed by atoms with Crippen LogP contribution in [0.25, 0.3) is 0 Å². The molecule has 0 atom stereocenters. The van der Waals surface area contributed by atoms with E-state index in [0.29, 0.717) is 19.5 Å². The van der Waals surface area contributed by atoms with Gasteiger partial charge in [0.05, 0.1) is 11.5 Å². The highest BCUT2D eigenvalue weighted by Crippen LogP contribution is 1.99. The maximum atomic E-state index is 10.8. The van der Waals surface area contributed by atoms with E-state index >= 15 is 0 Å². The quantitative estimate of drug-likeness (QED) is 0.609. The Morgan fingerprint density at radius 1 is 1.07 bits per heavy atom. The Hall–Kier alpha value is 0.150. The van der Waals surface area contributed by atoms with Crippen LogP contribution in [-0.2, 0) is 18.9 Å². The summed E-state index contributed by atoms with van der Waals surface area (Å²) in [6.07, 6.45) is 1.58. The molecule has 0 N–H and O–H groups in total. The summed E-state index contributed by atoms with van der Waals surface area (Å²) in [6, 6.07) is 0. The van der Waals surface area contributed by atoms with E-state index in [-0.39, 0.29) is 11.5 Å². The van der Waals surface area contributed by atoms with E-state index in [1.807, 2.05) is 0 Å². The van der Waals surface area contributed by atoms with E-state index < -0.39 is 18.9 Å². The Morgan fingerprint density at radius 2 is 1.60 bits per heavy atom. The van der Waals surface area contributed by atoms with Gasteiger partial charge in [-0.25, -0.2) is 16.8 Å². The molecule has 15 heavy (non-hydrogen) atoms. The number of halogens is 1. The van der Waals surface area contributed by atoms with Crippen LogP contribution < -0.4 is 0 Å². The Labute approximate surface area is 95.7 Å². The van der Waals surface area contributed by atoms with Crippen molar-refractivity contribution in [1.29, 1.82) is 0 Å². The van der Waals surface area contributed by atoms with E-state index in [2.05, 4.69) is 0 Å². The van der Waals surface area contributed by atoms with Crippen molar-refractivity contribution < 1.29 is 16.8 Å². The summed E-state index contributed by atoms with van der Waals surface area (Å²) in [7, 11) is 0.372. The third-order valence-electron chi connectivity index (χ3n) is 1.77. The van der Waals surface area contributed by atoms with Gasteiger partial charge in [-0.15, -0.1) is 0 Å². The van der Waals surface area contributed by atoms with E-state index in [4.69, 9.17) is 10.7 Å². The average Bonchev–Trinajstić information content (AvgIpc) is 1.97. The summed E-state index contributed by atoms with van der Waals surface area (Å²) < 4.78 is 42.8. The van der Waals surface area contributed by atoms with Gasteiger partial charge in [0.2, 0.25) is 9.05 Å². The van der Waals surface area contributed by atoms with Crippen molar-refractivity contribution in [1.82, 2.24) is 4.90 Å². The SMILES string of the molecule is CN(CCCS(=O)(=O)Cl)CCS(C)(=O)=O. The van der Waals surface area contributed by atoms with Gasteiger partial charge in [-0.2, -0.15) is 0 Å². The normalized spacial score (nSPS) is 13.3. The average molecular weight is 278 g/mol. The van der Waals surface area contributed by atoms with Gasteiger partial charge in [-0.05, 0) is 20.0 Å². The van der Waals surface area contributed by atoms with Crippen molar-refractivity contribution in [3.63, 3.8) is 0 Å². The van der Waals surface area contributed by atoms with Gasteiger partial charge in [-0.3, -0.25) is 0 Å². The molecular weight excluding hydrogens is 262 g/mol. The Kier molecular flexibility index (Phi) is 6.09. The number of hydrogen-bond donors (Lipinski definition) is 0. The van der Waals surface area contributed by atoms with Crippen molar-refractivity contribution in [3.05, 3.63) is 0 Å². The van der Waals surface area contributed by atoms with Crippen LogP contribution in [0.15, 0.2) is 0 Å². The van der Waals surface area contributed by atoms with Crippen LogP contribution in [0.4, 0.5) is 0 Å². The van der Waals surface area contributed by atoms with E-state index in [0.717, 1.165) is 0 Å². The predicted molar refractivity (Wildman–Crippen MR) is 61.5 cm³/mol. The molecule has 0 aromatic rings. The zero-order valence-electron chi connectivity index (χ0n) is 8.81. The monoisotopic (exact) mass is 277 g/mol. The van der Waals surface area contributed by atoms with Crippen molar-refractivity contribution in [2.24, 2.45) is 0 Å². The number of sulfone groups is 1. The van der Waals surface area contributed by atoms with Crippen LogP contribution in [0.2, 0.25) is 0 Å². The first-order valence-corrected chi connectivity index (χ1v) is 8.93. The molecule has 0 saturated heterocycles. The second kappa shape index (κ2) is 6.03. The van der Waals surface area contributed by atoms with Crippen molar-refractivity contribution >= 4 is 29.6 Å². The van der Waals surface area contributed by atoms with Crippen LogP contribution in [-0.4, -0.2) is 59.6 Å². The molecule has 0 amide bonds. The minimum atomic E-state index is -3.44. The number of hydrogen-bond acceptors (Lipinski definition) is 5. The molecular formula is C7H16ClNO4S2. The molecule has 0 aliphatic carbocycles. The molecule has 0 aromatic heterocycles. The summed E-state index contributed by atoms with van der Waals surface area (Å²) >= 11 is 0. The van der Waals surface area contributed by atoms with Crippen LogP contribution in [0, 0.1) is 0 Å². The zero-order chi connectivity index (χ0) is 12.1. The highest BCUT2D eigenvalue weighted by atomic mass is 35.7. The molecule has 0 aromatic carbocycles. The lowest BCUT2D eigenvalue weighted by Gasteiger charge is -2.14. The van der Waals surface area contributed by atoms with Crippen LogP contribution in [0.1, 0.15) is 6.42 Å². The van der Waals surface area contributed by atoms with E-state index in [1.165, 1.54) is 6.26 Å². The predicted octanol–water partition coefficient (Wildman–Crippen LogP) is -0.0785. The van der Waals surface area contributed by atoms with Crippen LogP contribution >= 0.6 is 10.7 Å². The largest absolute Gasteiger partial charge is 0.305 e. The lowest BCUT2D eigenvalue weighted by Crippen LogP contribution is -2.27. The first-order chi connectivity index (χ1) is 6.60. The third-order valence-corrected chi connectivity index (χ3v) is 3.94. The topological polar surface area (TPSA) is 71.5 Å². The van der Waals surface area contributed by atoms with Gasteiger partial charge < -0.3 is 4.90 Å². The van der Waals surface area contributed by atoms with Crippen LogP contribution in [0.3, 0.4) is 0 Å². The fourth-order valence-corrected chi connectivity index (χ4v) is 2.38. The molecule has 0 aliphatic heterocycles. The van der Waals surface area contributed by atoms with Gasteiger partial charge in [0.1, 0.15) is 9.84 Å². The molecule has 0 fully saturated rings. The fraction of sp³-hybridized carbons (Fsp3) is 1.00. The second-order valence-corrected chi connectivity index (χ2v) is 8.69. The molecule has 92 valence electrons. The lowest BCUT2D eigenvalue weighted by molar-refractivity contribution is 0.354. The first kappa shape index (κ1) is 15.2. The summed E-state index contributed by atoms with van der Waals surface area (Å²) in [4.78, 5) is 1.77. The Bertz CT molecular complexity index is 376. The van der Waals surface area contributed by atoms with Crippen molar-refractivity contribution in [2.45, 2.75) is 6.42 Å². The maximum absolute atomic E-state index is 10.8. The molecule has 0 rings (SSSR count). The standard InChI is InChI=1S/C7H16ClNO4S2/c1-9(5-7-14(2,10)11)4-3-6-15(8,12)13/h3-7H2,1-2H3. The smallest absolute Gasteiger partial charge is 0.232 e. The van der Waals surface area contributed by atoms with E-state index in [9.17, 15) is 16.8 Å². The molecule has 0 spiro atoms. The summed E-state index contributed by atoms with van der Waals surface area (Å²) in [5, 5.41) is 0. The molecule has 0 radical (unpaired) electrons. The molecule has 0 heterocycles. The van der Waals surface area contributed by atoms with Gasteiger partial charge in [-0.1, -0.05) is 0 Å².